The summed E-state index contributed by atoms with van der Waals surface area (Å²) in [6.45, 7) is 0.859. The molecule has 106 valence electrons. The molecule has 0 fully saturated rings. The lowest BCUT2D eigenvalue weighted by Gasteiger charge is -2.07. The first-order valence-corrected chi connectivity index (χ1v) is 8.21. The summed E-state index contributed by atoms with van der Waals surface area (Å²) >= 11 is 7.66. The van der Waals surface area contributed by atoms with Gasteiger partial charge < -0.3 is 4.57 Å². The Morgan fingerprint density at radius 2 is 2.14 bits per heavy atom. The quantitative estimate of drug-likeness (QED) is 0.668. The van der Waals surface area contributed by atoms with Crippen molar-refractivity contribution in [3.05, 3.63) is 52.0 Å². The molecule has 0 atom stereocenters. The lowest BCUT2D eigenvalue weighted by Crippen LogP contribution is -2.06. The van der Waals surface area contributed by atoms with Gasteiger partial charge in [-0.05, 0) is 30.0 Å². The number of aryl methyl sites for hydroxylation is 3. The molecular formula is C16H14ClN3S. The van der Waals surface area contributed by atoms with E-state index >= 15 is 0 Å². The number of thiophene rings is 1. The van der Waals surface area contributed by atoms with Crippen LogP contribution in [0.5, 0.6) is 0 Å². The second kappa shape index (κ2) is 6.30. The normalized spacial score (nSPS) is 10.9. The van der Waals surface area contributed by atoms with Gasteiger partial charge in [0.05, 0.1) is 11.1 Å². The fourth-order valence-electron chi connectivity index (χ4n) is 2.49. The van der Waals surface area contributed by atoms with Crippen molar-refractivity contribution < 1.29 is 0 Å². The zero-order valence-electron chi connectivity index (χ0n) is 11.4. The zero-order valence-corrected chi connectivity index (χ0v) is 13.0. The second-order valence-corrected chi connectivity index (χ2v) is 6.14. The van der Waals surface area contributed by atoms with E-state index < -0.39 is 0 Å². The minimum absolute atomic E-state index is 0.532. The molecule has 1 aromatic carbocycles. The number of para-hydroxylation sites is 1. The van der Waals surface area contributed by atoms with E-state index in [1.165, 1.54) is 4.88 Å². The Labute approximate surface area is 132 Å². The Hall–Kier alpha value is -1.83. The molecule has 0 bridgehead atoms. The molecule has 0 saturated heterocycles. The molecule has 2 aromatic heterocycles. The number of benzene rings is 1. The van der Waals surface area contributed by atoms with Gasteiger partial charge in [-0.25, -0.2) is 4.98 Å². The highest BCUT2D eigenvalue weighted by Gasteiger charge is 2.13. The average Bonchev–Trinajstić information content (AvgIpc) is 3.12. The zero-order chi connectivity index (χ0) is 14.7. The predicted octanol–water partition coefficient (Wildman–Crippen LogP) is 3.99. The molecule has 0 aliphatic rings. The van der Waals surface area contributed by atoms with Crippen LogP contribution in [0.15, 0.2) is 35.7 Å². The third kappa shape index (κ3) is 2.80. The van der Waals surface area contributed by atoms with Gasteiger partial charge in [-0.1, -0.05) is 12.1 Å². The van der Waals surface area contributed by atoms with Crippen LogP contribution >= 0.6 is 22.9 Å². The van der Waals surface area contributed by atoms with Crippen LogP contribution in [0.3, 0.4) is 0 Å². The highest BCUT2D eigenvalue weighted by Crippen LogP contribution is 2.21. The number of hydrogen-bond acceptors (Lipinski definition) is 3. The molecule has 0 radical (unpaired) electrons. The third-order valence-corrected chi connectivity index (χ3v) is 4.58. The number of alkyl halides is 1. The molecule has 3 nitrogen and oxygen atoms in total. The van der Waals surface area contributed by atoms with Crippen molar-refractivity contribution in [2.75, 3.05) is 5.88 Å². The molecule has 2 heterocycles. The average molecular weight is 316 g/mol. The number of fused-ring (bicyclic) bond motifs is 1. The fourth-order valence-corrected chi connectivity index (χ4v) is 3.35. The van der Waals surface area contributed by atoms with Gasteiger partial charge in [0.15, 0.2) is 0 Å². The van der Waals surface area contributed by atoms with Gasteiger partial charge in [0, 0.05) is 23.7 Å². The minimum atomic E-state index is 0.532. The summed E-state index contributed by atoms with van der Waals surface area (Å²) in [5.41, 5.74) is 2.43. The number of rotatable bonds is 5. The highest BCUT2D eigenvalue weighted by molar-refractivity contribution is 7.09. The molecule has 0 saturated carbocycles. The Bertz CT molecular complexity index is 784. The van der Waals surface area contributed by atoms with E-state index in [9.17, 15) is 5.26 Å². The predicted molar refractivity (Wildman–Crippen MR) is 86.9 cm³/mol. The molecule has 5 heteroatoms. The summed E-state index contributed by atoms with van der Waals surface area (Å²) in [4.78, 5) is 5.98. The van der Waals surface area contributed by atoms with Gasteiger partial charge in [0.25, 0.3) is 0 Å². The van der Waals surface area contributed by atoms with Crippen molar-refractivity contribution in [1.29, 1.82) is 5.26 Å². The van der Waals surface area contributed by atoms with E-state index in [0.717, 1.165) is 29.8 Å². The summed E-state index contributed by atoms with van der Waals surface area (Å²) in [5, 5.41) is 11.3. The number of hydrogen-bond donors (Lipinski definition) is 0. The Kier molecular flexibility index (Phi) is 4.23. The minimum Gasteiger partial charge on any atom is -0.328 e. The lowest BCUT2D eigenvalue weighted by molar-refractivity contribution is 0.679. The molecule has 0 amide bonds. The third-order valence-electron chi connectivity index (χ3n) is 3.46. The van der Waals surface area contributed by atoms with Crippen LogP contribution in [0.4, 0.5) is 0 Å². The number of halogens is 1. The summed E-state index contributed by atoms with van der Waals surface area (Å²) in [5.74, 6) is 1.49. The van der Waals surface area contributed by atoms with E-state index in [4.69, 9.17) is 11.6 Å². The summed E-state index contributed by atoms with van der Waals surface area (Å²) < 4.78 is 2.19. The fraction of sp³-hybridized carbons (Fsp3) is 0.250. The van der Waals surface area contributed by atoms with Crippen LogP contribution in [0.2, 0.25) is 0 Å². The van der Waals surface area contributed by atoms with Crippen molar-refractivity contribution >= 4 is 34.0 Å². The van der Waals surface area contributed by atoms with Crippen molar-refractivity contribution in [2.24, 2.45) is 0 Å². The second-order valence-electron chi connectivity index (χ2n) is 4.73. The molecule has 0 unspecified atom stereocenters. The summed E-state index contributed by atoms with van der Waals surface area (Å²) in [6, 6.07) is 12.2. The van der Waals surface area contributed by atoms with Gasteiger partial charge in [0.2, 0.25) is 0 Å². The Balaban J connectivity index is 2.02. The SMILES string of the molecule is N#Cc1cccc2c1nc(CCCl)n2CCc1cccs1. The smallest absolute Gasteiger partial charge is 0.111 e. The van der Waals surface area contributed by atoms with Crippen LogP contribution in [-0.2, 0) is 19.4 Å². The first kappa shape index (κ1) is 14.1. The van der Waals surface area contributed by atoms with E-state index in [1.807, 2.05) is 18.2 Å². The molecule has 0 aliphatic heterocycles. The Morgan fingerprint density at radius 3 is 2.86 bits per heavy atom. The standard InChI is InChI=1S/C16H14ClN3S/c17-8-6-15-19-16-12(11-18)3-1-5-14(16)20(15)9-7-13-4-2-10-21-13/h1-5,10H,6-9H2. The van der Waals surface area contributed by atoms with Crippen molar-refractivity contribution in [3.63, 3.8) is 0 Å². The molecule has 0 aliphatic carbocycles. The van der Waals surface area contributed by atoms with Gasteiger partial charge in [-0.15, -0.1) is 22.9 Å². The van der Waals surface area contributed by atoms with Crippen molar-refractivity contribution in [1.82, 2.24) is 9.55 Å². The van der Waals surface area contributed by atoms with E-state index in [-0.39, 0.29) is 0 Å². The van der Waals surface area contributed by atoms with E-state index in [0.29, 0.717) is 17.9 Å². The maximum Gasteiger partial charge on any atom is 0.111 e. The maximum atomic E-state index is 9.22. The maximum absolute atomic E-state index is 9.22. The van der Waals surface area contributed by atoms with Gasteiger partial charge in [-0.3, -0.25) is 0 Å². The number of imidazole rings is 1. The molecule has 0 N–H and O–H groups in total. The van der Waals surface area contributed by atoms with E-state index in [1.54, 1.807) is 11.3 Å². The largest absolute Gasteiger partial charge is 0.328 e. The van der Waals surface area contributed by atoms with Gasteiger partial charge in [-0.2, -0.15) is 5.26 Å². The molecule has 21 heavy (non-hydrogen) atoms. The summed E-state index contributed by atoms with van der Waals surface area (Å²) in [6.07, 6.45) is 1.68. The van der Waals surface area contributed by atoms with Crippen molar-refractivity contribution in [3.8, 4) is 6.07 Å². The number of nitriles is 1. The van der Waals surface area contributed by atoms with Crippen LogP contribution in [0.25, 0.3) is 11.0 Å². The molecule has 3 aromatic rings. The topological polar surface area (TPSA) is 41.6 Å². The van der Waals surface area contributed by atoms with Crippen molar-refractivity contribution in [2.45, 2.75) is 19.4 Å². The first-order valence-electron chi connectivity index (χ1n) is 6.80. The number of nitrogens with zero attached hydrogens (tertiary/aromatic N) is 3. The lowest BCUT2D eigenvalue weighted by atomic mass is 10.2. The van der Waals surface area contributed by atoms with Crippen LogP contribution in [-0.4, -0.2) is 15.4 Å². The van der Waals surface area contributed by atoms with Crippen LogP contribution in [0, 0.1) is 11.3 Å². The highest BCUT2D eigenvalue weighted by atomic mass is 35.5. The monoisotopic (exact) mass is 315 g/mol. The van der Waals surface area contributed by atoms with E-state index in [2.05, 4.69) is 33.1 Å². The van der Waals surface area contributed by atoms with Gasteiger partial charge >= 0.3 is 0 Å². The van der Waals surface area contributed by atoms with Crippen LogP contribution < -0.4 is 0 Å². The number of aromatic nitrogens is 2. The molecule has 0 spiro atoms. The van der Waals surface area contributed by atoms with Crippen LogP contribution in [0.1, 0.15) is 16.3 Å². The first-order chi connectivity index (χ1) is 10.3. The van der Waals surface area contributed by atoms with Gasteiger partial charge in [0.1, 0.15) is 17.4 Å². The Morgan fingerprint density at radius 1 is 1.24 bits per heavy atom. The summed E-state index contributed by atoms with van der Waals surface area (Å²) in [7, 11) is 0. The molecular weight excluding hydrogens is 302 g/mol. The molecule has 3 rings (SSSR count).